The number of halogens is 3. The molecule has 0 bridgehead atoms. The summed E-state index contributed by atoms with van der Waals surface area (Å²) in [5.74, 6) is -2.84. The van der Waals surface area contributed by atoms with E-state index in [1.165, 1.54) is 11.3 Å². The lowest BCUT2D eigenvalue weighted by molar-refractivity contribution is 0.547. The summed E-state index contributed by atoms with van der Waals surface area (Å²) in [4.78, 5) is 3.95. The number of anilines is 1. The van der Waals surface area contributed by atoms with Gasteiger partial charge in [0, 0.05) is 23.7 Å². The number of thiazole rings is 1. The molecule has 2 nitrogen and oxygen atoms in total. The first-order valence-electron chi connectivity index (χ1n) is 4.43. The van der Waals surface area contributed by atoms with Gasteiger partial charge in [-0.1, -0.05) is 0 Å². The summed E-state index contributed by atoms with van der Waals surface area (Å²) in [6.07, 6.45) is 1.60. The van der Waals surface area contributed by atoms with Gasteiger partial charge in [0.25, 0.3) is 0 Å². The minimum atomic E-state index is -0.950. The van der Waals surface area contributed by atoms with E-state index in [4.69, 9.17) is 0 Å². The summed E-state index contributed by atoms with van der Waals surface area (Å²) in [5.41, 5.74) is -0.336. The summed E-state index contributed by atoms with van der Waals surface area (Å²) in [7, 11) is 0. The van der Waals surface area contributed by atoms with Crippen molar-refractivity contribution >= 4 is 17.0 Å². The second-order valence-corrected chi connectivity index (χ2v) is 4.00. The van der Waals surface area contributed by atoms with Crippen molar-refractivity contribution in [2.75, 3.05) is 5.32 Å². The molecule has 0 aliphatic heterocycles. The maximum Gasteiger partial charge on any atom is 0.152 e. The van der Waals surface area contributed by atoms with E-state index in [-0.39, 0.29) is 12.2 Å². The van der Waals surface area contributed by atoms with Gasteiger partial charge in [0.2, 0.25) is 0 Å². The number of hydrogen-bond donors (Lipinski definition) is 1. The Labute approximate surface area is 93.8 Å². The first-order valence-corrected chi connectivity index (χ1v) is 5.31. The molecular formula is C10H7F3N2S. The zero-order valence-electron chi connectivity index (χ0n) is 8.01. The van der Waals surface area contributed by atoms with Gasteiger partial charge in [-0.2, -0.15) is 0 Å². The number of rotatable bonds is 3. The van der Waals surface area contributed by atoms with Gasteiger partial charge in [-0.3, -0.25) is 0 Å². The third-order valence-corrected chi connectivity index (χ3v) is 2.69. The molecule has 84 valence electrons. The molecule has 0 aliphatic carbocycles. The lowest BCUT2D eigenvalue weighted by Gasteiger charge is -2.06. The lowest BCUT2D eigenvalue weighted by atomic mass is 10.3. The average Bonchev–Trinajstić information content (AvgIpc) is 2.68. The number of hydrogen-bond acceptors (Lipinski definition) is 3. The van der Waals surface area contributed by atoms with Crippen LogP contribution in [0.15, 0.2) is 23.7 Å². The maximum absolute atomic E-state index is 13.2. The molecule has 0 radical (unpaired) electrons. The standard InChI is InChI=1S/C10H7F3N2S/c11-6-3-7(12)10(8(13)4-6)15-5-9-14-1-2-16-9/h1-4,15H,5H2. The van der Waals surface area contributed by atoms with E-state index in [0.29, 0.717) is 17.1 Å². The van der Waals surface area contributed by atoms with Crippen LogP contribution in [0.5, 0.6) is 0 Å². The van der Waals surface area contributed by atoms with E-state index in [9.17, 15) is 13.2 Å². The third-order valence-electron chi connectivity index (χ3n) is 1.91. The van der Waals surface area contributed by atoms with Crippen LogP contribution in [-0.2, 0) is 6.54 Å². The largest absolute Gasteiger partial charge is 0.374 e. The Balaban J connectivity index is 2.15. The molecule has 0 atom stereocenters. The van der Waals surface area contributed by atoms with E-state index in [1.807, 2.05) is 0 Å². The molecule has 0 unspecified atom stereocenters. The van der Waals surface area contributed by atoms with Gasteiger partial charge in [0.15, 0.2) is 11.6 Å². The molecule has 0 fully saturated rings. The fraction of sp³-hybridized carbons (Fsp3) is 0.100. The molecule has 2 rings (SSSR count). The normalized spacial score (nSPS) is 10.4. The molecule has 6 heteroatoms. The quantitative estimate of drug-likeness (QED) is 0.897. The van der Waals surface area contributed by atoms with Crippen LogP contribution in [0.4, 0.5) is 18.9 Å². The molecule has 16 heavy (non-hydrogen) atoms. The second kappa shape index (κ2) is 4.52. The summed E-state index contributed by atoms with van der Waals surface area (Å²) < 4.78 is 39.0. The summed E-state index contributed by atoms with van der Waals surface area (Å²) >= 11 is 1.36. The summed E-state index contributed by atoms with van der Waals surface area (Å²) in [5, 5.41) is 5.00. The van der Waals surface area contributed by atoms with E-state index < -0.39 is 17.5 Å². The maximum atomic E-state index is 13.2. The molecule has 0 spiro atoms. The van der Waals surface area contributed by atoms with Crippen LogP contribution >= 0.6 is 11.3 Å². The second-order valence-electron chi connectivity index (χ2n) is 3.02. The van der Waals surface area contributed by atoms with Crippen LogP contribution in [0.25, 0.3) is 0 Å². The average molecular weight is 244 g/mol. The van der Waals surface area contributed by atoms with Crippen LogP contribution in [-0.4, -0.2) is 4.98 Å². The van der Waals surface area contributed by atoms with Gasteiger partial charge in [0.1, 0.15) is 16.5 Å². The minimum Gasteiger partial charge on any atom is -0.374 e. The van der Waals surface area contributed by atoms with E-state index in [1.54, 1.807) is 11.6 Å². The SMILES string of the molecule is Fc1cc(F)c(NCc2nccs2)c(F)c1. The van der Waals surface area contributed by atoms with Crippen LogP contribution in [0.3, 0.4) is 0 Å². The van der Waals surface area contributed by atoms with Crippen molar-refractivity contribution in [3.05, 3.63) is 46.2 Å². The van der Waals surface area contributed by atoms with Crippen molar-refractivity contribution in [2.24, 2.45) is 0 Å². The smallest absolute Gasteiger partial charge is 0.152 e. The van der Waals surface area contributed by atoms with Crippen LogP contribution in [0.2, 0.25) is 0 Å². The molecule has 0 aliphatic rings. The molecule has 1 heterocycles. The number of nitrogens with one attached hydrogen (secondary N) is 1. The van der Waals surface area contributed by atoms with Crippen LogP contribution in [0.1, 0.15) is 5.01 Å². The van der Waals surface area contributed by atoms with Crippen molar-refractivity contribution in [3.8, 4) is 0 Å². The Morgan fingerprint density at radius 3 is 2.44 bits per heavy atom. The molecule has 1 N–H and O–H groups in total. The Hall–Kier alpha value is -1.56. The fourth-order valence-corrected chi connectivity index (χ4v) is 1.77. The minimum absolute atomic E-state index is 0.205. The molecule has 0 saturated carbocycles. The summed E-state index contributed by atoms with van der Waals surface area (Å²) in [6.45, 7) is 0.205. The lowest BCUT2D eigenvalue weighted by Crippen LogP contribution is -2.04. The predicted octanol–water partition coefficient (Wildman–Crippen LogP) is 3.17. The molecular weight excluding hydrogens is 237 g/mol. The highest BCUT2D eigenvalue weighted by molar-refractivity contribution is 7.09. The van der Waals surface area contributed by atoms with Gasteiger partial charge in [-0.25, -0.2) is 18.2 Å². The Morgan fingerprint density at radius 1 is 1.19 bits per heavy atom. The highest BCUT2D eigenvalue weighted by atomic mass is 32.1. The van der Waals surface area contributed by atoms with Crippen molar-refractivity contribution in [3.63, 3.8) is 0 Å². The number of benzene rings is 1. The number of aromatic nitrogens is 1. The first-order chi connectivity index (χ1) is 7.66. The van der Waals surface area contributed by atoms with Gasteiger partial charge < -0.3 is 5.32 Å². The molecule has 2 aromatic rings. The zero-order chi connectivity index (χ0) is 11.5. The van der Waals surface area contributed by atoms with Crippen molar-refractivity contribution < 1.29 is 13.2 Å². The van der Waals surface area contributed by atoms with Gasteiger partial charge in [-0.15, -0.1) is 11.3 Å². The Morgan fingerprint density at radius 2 is 1.88 bits per heavy atom. The highest BCUT2D eigenvalue weighted by Gasteiger charge is 2.11. The Kier molecular flexibility index (Phi) is 3.09. The van der Waals surface area contributed by atoms with E-state index in [2.05, 4.69) is 10.3 Å². The zero-order valence-corrected chi connectivity index (χ0v) is 8.82. The van der Waals surface area contributed by atoms with Crippen molar-refractivity contribution in [2.45, 2.75) is 6.54 Å². The van der Waals surface area contributed by atoms with Crippen molar-refractivity contribution in [1.29, 1.82) is 0 Å². The highest BCUT2D eigenvalue weighted by Crippen LogP contribution is 2.21. The number of nitrogens with zero attached hydrogens (tertiary/aromatic N) is 1. The molecule has 0 amide bonds. The Bertz CT molecular complexity index is 462. The fourth-order valence-electron chi connectivity index (χ4n) is 1.22. The van der Waals surface area contributed by atoms with Gasteiger partial charge in [-0.05, 0) is 0 Å². The summed E-state index contributed by atoms with van der Waals surface area (Å²) in [6, 6.07) is 1.26. The van der Waals surface area contributed by atoms with Gasteiger partial charge >= 0.3 is 0 Å². The molecule has 1 aromatic heterocycles. The van der Waals surface area contributed by atoms with Crippen LogP contribution in [0, 0.1) is 17.5 Å². The monoisotopic (exact) mass is 244 g/mol. The molecule has 1 aromatic carbocycles. The van der Waals surface area contributed by atoms with Crippen molar-refractivity contribution in [1.82, 2.24) is 4.98 Å². The van der Waals surface area contributed by atoms with E-state index >= 15 is 0 Å². The van der Waals surface area contributed by atoms with Gasteiger partial charge in [0.05, 0.1) is 6.54 Å². The topological polar surface area (TPSA) is 24.9 Å². The predicted molar refractivity (Wildman–Crippen MR) is 55.8 cm³/mol. The van der Waals surface area contributed by atoms with E-state index in [0.717, 1.165) is 0 Å². The van der Waals surface area contributed by atoms with Crippen LogP contribution < -0.4 is 5.32 Å². The third kappa shape index (κ3) is 2.33. The first kappa shape index (κ1) is 10.9. The molecule has 0 saturated heterocycles.